The Morgan fingerprint density at radius 2 is 1.94 bits per heavy atom. The molecule has 3 heteroatoms. The minimum Gasteiger partial charge on any atom is -0.467 e. The standard InChI is InChI=1S/C14H18O3/c1-9(2)10-5-7-11(8-6-10)14(3)12(17-14)13(15)16-4/h5-9,12H,1-4H3. The lowest BCUT2D eigenvalue weighted by Crippen LogP contribution is -2.17. The number of rotatable bonds is 3. The molecule has 1 aliphatic heterocycles. The van der Waals surface area contributed by atoms with Gasteiger partial charge in [-0.1, -0.05) is 38.1 Å². The Hall–Kier alpha value is -1.35. The normalized spacial score (nSPS) is 27.0. The number of ether oxygens (including phenoxy) is 2. The number of epoxide rings is 1. The van der Waals surface area contributed by atoms with Crippen molar-refractivity contribution in [3.8, 4) is 0 Å². The van der Waals surface area contributed by atoms with Crippen LogP contribution in [0.1, 0.15) is 37.8 Å². The molecule has 17 heavy (non-hydrogen) atoms. The van der Waals surface area contributed by atoms with Gasteiger partial charge in [-0.05, 0) is 24.0 Å². The molecule has 3 nitrogen and oxygen atoms in total. The lowest BCUT2D eigenvalue weighted by molar-refractivity contribution is -0.142. The van der Waals surface area contributed by atoms with E-state index in [1.807, 2.05) is 19.1 Å². The molecular weight excluding hydrogens is 216 g/mol. The molecule has 1 fully saturated rings. The Morgan fingerprint density at radius 1 is 1.35 bits per heavy atom. The van der Waals surface area contributed by atoms with Crippen LogP contribution < -0.4 is 0 Å². The predicted octanol–water partition coefficient (Wildman–Crippen LogP) is 2.60. The van der Waals surface area contributed by atoms with Crippen molar-refractivity contribution in [2.75, 3.05) is 7.11 Å². The van der Waals surface area contributed by atoms with Gasteiger partial charge in [0.25, 0.3) is 0 Å². The van der Waals surface area contributed by atoms with Gasteiger partial charge in [0.2, 0.25) is 0 Å². The molecule has 0 amide bonds. The lowest BCUT2D eigenvalue weighted by Gasteiger charge is -2.09. The Balaban J connectivity index is 2.17. The molecule has 0 saturated carbocycles. The van der Waals surface area contributed by atoms with Crippen LogP contribution >= 0.6 is 0 Å². The molecule has 0 aliphatic carbocycles. The largest absolute Gasteiger partial charge is 0.467 e. The Morgan fingerprint density at radius 3 is 2.41 bits per heavy atom. The van der Waals surface area contributed by atoms with Crippen molar-refractivity contribution in [2.45, 2.75) is 38.4 Å². The highest BCUT2D eigenvalue weighted by atomic mass is 16.6. The fraction of sp³-hybridized carbons (Fsp3) is 0.500. The van der Waals surface area contributed by atoms with Gasteiger partial charge in [-0.15, -0.1) is 0 Å². The third-order valence-corrected chi connectivity index (χ3v) is 3.37. The van der Waals surface area contributed by atoms with E-state index in [4.69, 9.17) is 4.74 Å². The van der Waals surface area contributed by atoms with E-state index in [9.17, 15) is 4.79 Å². The van der Waals surface area contributed by atoms with Gasteiger partial charge >= 0.3 is 5.97 Å². The first-order valence-corrected chi connectivity index (χ1v) is 5.85. The van der Waals surface area contributed by atoms with Gasteiger partial charge < -0.3 is 9.47 Å². The third-order valence-electron chi connectivity index (χ3n) is 3.37. The maximum absolute atomic E-state index is 11.4. The summed E-state index contributed by atoms with van der Waals surface area (Å²) in [6.45, 7) is 6.22. The molecule has 2 unspecified atom stereocenters. The van der Waals surface area contributed by atoms with E-state index in [1.165, 1.54) is 12.7 Å². The molecule has 0 N–H and O–H groups in total. The first-order chi connectivity index (χ1) is 7.99. The fourth-order valence-electron chi connectivity index (χ4n) is 2.01. The topological polar surface area (TPSA) is 38.8 Å². The van der Waals surface area contributed by atoms with Crippen molar-refractivity contribution in [2.24, 2.45) is 0 Å². The molecule has 1 aromatic rings. The van der Waals surface area contributed by atoms with E-state index >= 15 is 0 Å². The van der Waals surface area contributed by atoms with Crippen LogP contribution in [0.4, 0.5) is 0 Å². The number of hydrogen-bond acceptors (Lipinski definition) is 3. The Labute approximate surface area is 102 Å². The number of esters is 1. The molecular formula is C14H18O3. The molecule has 1 saturated heterocycles. The van der Waals surface area contributed by atoms with Crippen LogP contribution in [0.15, 0.2) is 24.3 Å². The lowest BCUT2D eigenvalue weighted by atomic mass is 9.94. The smallest absolute Gasteiger partial charge is 0.338 e. The molecule has 2 atom stereocenters. The quantitative estimate of drug-likeness (QED) is 0.596. The van der Waals surface area contributed by atoms with Crippen LogP contribution in [0.5, 0.6) is 0 Å². The molecule has 0 aromatic heterocycles. The SMILES string of the molecule is COC(=O)C1OC1(C)c1ccc(C(C)C)cc1. The summed E-state index contributed by atoms with van der Waals surface area (Å²) in [5.41, 5.74) is 1.80. The number of methoxy groups -OCH3 is 1. The molecule has 1 aromatic carbocycles. The predicted molar refractivity (Wildman–Crippen MR) is 64.8 cm³/mol. The highest BCUT2D eigenvalue weighted by Crippen LogP contribution is 2.46. The monoisotopic (exact) mass is 234 g/mol. The highest BCUT2D eigenvalue weighted by Gasteiger charge is 2.59. The van der Waals surface area contributed by atoms with Crippen molar-refractivity contribution >= 4 is 5.97 Å². The summed E-state index contributed by atoms with van der Waals surface area (Å²) in [5.74, 6) is 0.203. The summed E-state index contributed by atoms with van der Waals surface area (Å²) >= 11 is 0. The van der Waals surface area contributed by atoms with Crippen LogP contribution in [0.25, 0.3) is 0 Å². The van der Waals surface area contributed by atoms with Gasteiger partial charge in [-0.25, -0.2) is 4.79 Å². The number of carbonyl (C=O) groups is 1. The van der Waals surface area contributed by atoms with E-state index in [1.54, 1.807) is 0 Å². The zero-order valence-corrected chi connectivity index (χ0v) is 10.7. The van der Waals surface area contributed by atoms with Crippen molar-refractivity contribution in [3.63, 3.8) is 0 Å². The average molecular weight is 234 g/mol. The van der Waals surface area contributed by atoms with Crippen LogP contribution in [0.3, 0.4) is 0 Å². The summed E-state index contributed by atoms with van der Waals surface area (Å²) in [4.78, 5) is 11.4. The average Bonchev–Trinajstić information content (AvgIpc) is 3.02. The summed E-state index contributed by atoms with van der Waals surface area (Å²) in [7, 11) is 1.38. The van der Waals surface area contributed by atoms with Gasteiger partial charge in [0.15, 0.2) is 6.10 Å². The maximum Gasteiger partial charge on any atom is 0.338 e. The van der Waals surface area contributed by atoms with Crippen molar-refractivity contribution < 1.29 is 14.3 Å². The minimum absolute atomic E-state index is 0.305. The second-order valence-electron chi connectivity index (χ2n) is 4.90. The summed E-state index contributed by atoms with van der Waals surface area (Å²) in [5, 5.41) is 0. The van der Waals surface area contributed by atoms with Gasteiger partial charge in [-0.2, -0.15) is 0 Å². The molecule has 0 spiro atoms. The van der Waals surface area contributed by atoms with Crippen molar-refractivity contribution in [1.82, 2.24) is 0 Å². The third kappa shape index (κ3) is 2.07. The molecule has 1 heterocycles. The summed E-state index contributed by atoms with van der Waals surface area (Å²) < 4.78 is 10.2. The number of hydrogen-bond donors (Lipinski definition) is 0. The van der Waals surface area contributed by atoms with Crippen LogP contribution in [0, 0.1) is 0 Å². The van der Waals surface area contributed by atoms with Gasteiger partial charge in [-0.3, -0.25) is 0 Å². The van der Waals surface area contributed by atoms with Crippen LogP contribution in [-0.4, -0.2) is 19.2 Å². The van der Waals surface area contributed by atoms with E-state index in [0.717, 1.165) is 5.56 Å². The first kappa shape index (κ1) is 12.1. The van der Waals surface area contributed by atoms with Gasteiger partial charge in [0.05, 0.1) is 7.11 Å². The molecule has 2 rings (SSSR count). The van der Waals surface area contributed by atoms with E-state index in [2.05, 4.69) is 30.7 Å². The number of carbonyl (C=O) groups excluding carboxylic acids is 1. The minimum atomic E-state index is -0.511. The first-order valence-electron chi connectivity index (χ1n) is 5.85. The molecule has 92 valence electrons. The number of benzene rings is 1. The Bertz CT molecular complexity index is 422. The van der Waals surface area contributed by atoms with Crippen LogP contribution in [-0.2, 0) is 19.9 Å². The van der Waals surface area contributed by atoms with Crippen molar-refractivity contribution in [3.05, 3.63) is 35.4 Å². The zero-order valence-electron chi connectivity index (χ0n) is 10.7. The van der Waals surface area contributed by atoms with Crippen LogP contribution in [0.2, 0.25) is 0 Å². The fourth-order valence-corrected chi connectivity index (χ4v) is 2.01. The Kier molecular flexibility index (Phi) is 2.96. The van der Waals surface area contributed by atoms with Gasteiger partial charge in [0, 0.05) is 0 Å². The van der Waals surface area contributed by atoms with E-state index < -0.39 is 11.7 Å². The maximum atomic E-state index is 11.4. The second-order valence-corrected chi connectivity index (χ2v) is 4.90. The second kappa shape index (κ2) is 4.15. The molecule has 0 bridgehead atoms. The molecule has 1 aliphatic rings. The van der Waals surface area contributed by atoms with E-state index in [-0.39, 0.29) is 5.97 Å². The molecule has 0 radical (unpaired) electrons. The van der Waals surface area contributed by atoms with Gasteiger partial charge in [0.1, 0.15) is 5.60 Å². The zero-order chi connectivity index (χ0) is 12.6. The summed E-state index contributed by atoms with van der Waals surface area (Å²) in [6, 6.07) is 8.22. The summed E-state index contributed by atoms with van der Waals surface area (Å²) in [6.07, 6.45) is -0.461. The van der Waals surface area contributed by atoms with Crippen molar-refractivity contribution in [1.29, 1.82) is 0 Å². The highest BCUT2D eigenvalue weighted by molar-refractivity contribution is 5.79. The van der Waals surface area contributed by atoms with E-state index in [0.29, 0.717) is 5.92 Å².